The van der Waals surface area contributed by atoms with Crippen LogP contribution in [0.2, 0.25) is 0 Å². The van der Waals surface area contributed by atoms with Crippen molar-refractivity contribution in [3.8, 4) is 0 Å². The number of benzene rings is 2. The van der Waals surface area contributed by atoms with Crippen LogP contribution in [0.4, 0.5) is 0 Å². The van der Waals surface area contributed by atoms with Gasteiger partial charge in [0.05, 0.1) is 6.54 Å². The minimum atomic E-state index is -0.882. The predicted octanol–water partition coefficient (Wildman–Crippen LogP) is 3.26. The Morgan fingerprint density at radius 3 is 2.04 bits per heavy atom. The number of hydrogen-bond acceptors (Lipinski definition) is 3. The Morgan fingerprint density at radius 1 is 1.04 bits per heavy atom. The van der Waals surface area contributed by atoms with Crippen molar-refractivity contribution in [3.63, 3.8) is 0 Å². The van der Waals surface area contributed by atoms with Crippen LogP contribution in [0.5, 0.6) is 0 Å². The summed E-state index contributed by atoms with van der Waals surface area (Å²) in [5.74, 6) is -0.784. The molecule has 148 valence electrons. The van der Waals surface area contributed by atoms with E-state index >= 15 is 0 Å². The summed E-state index contributed by atoms with van der Waals surface area (Å²) in [4.78, 5) is 25.5. The molecule has 0 aliphatic heterocycles. The van der Waals surface area contributed by atoms with Crippen LogP contribution >= 0.6 is 0 Å². The van der Waals surface area contributed by atoms with Crippen molar-refractivity contribution in [2.24, 2.45) is 0 Å². The highest BCUT2D eigenvalue weighted by atomic mass is 16.4. The van der Waals surface area contributed by atoms with E-state index in [0.717, 1.165) is 19.3 Å². The van der Waals surface area contributed by atoms with E-state index in [1.807, 2.05) is 36.4 Å². The summed E-state index contributed by atoms with van der Waals surface area (Å²) in [5.41, 5.74) is 2.45. The minimum Gasteiger partial charge on any atom is -0.480 e. The van der Waals surface area contributed by atoms with Gasteiger partial charge in [0.15, 0.2) is 0 Å². The lowest BCUT2D eigenvalue weighted by molar-refractivity contribution is -0.143. The van der Waals surface area contributed by atoms with Gasteiger partial charge >= 0.3 is 5.97 Å². The molecule has 3 rings (SSSR count). The molecule has 5 nitrogen and oxygen atoms in total. The summed E-state index contributed by atoms with van der Waals surface area (Å²) in [6, 6.07) is 20.2. The van der Waals surface area contributed by atoms with Gasteiger partial charge in [0.1, 0.15) is 6.04 Å². The third kappa shape index (κ3) is 5.42. The lowest BCUT2D eigenvalue weighted by atomic mass is 9.88. The zero-order valence-corrected chi connectivity index (χ0v) is 16.3. The van der Waals surface area contributed by atoms with Crippen molar-refractivity contribution in [1.29, 1.82) is 0 Å². The molecule has 5 heteroatoms. The quantitative estimate of drug-likeness (QED) is 0.664. The lowest BCUT2D eigenvalue weighted by Gasteiger charge is -2.25. The van der Waals surface area contributed by atoms with E-state index in [9.17, 15) is 14.7 Å². The molecule has 2 aromatic rings. The summed E-state index contributed by atoms with van der Waals surface area (Å²) in [6.07, 6.45) is 2.72. The molecular formula is C23H28N2O3. The molecule has 0 heterocycles. The SMILES string of the molecule is CC(C(=O)O)N(CC(=O)NCCC(c1ccccc1)c1ccccc1)C1CC1. The summed E-state index contributed by atoms with van der Waals surface area (Å²) in [7, 11) is 0. The topological polar surface area (TPSA) is 69.6 Å². The Hall–Kier alpha value is -2.66. The van der Waals surface area contributed by atoms with E-state index < -0.39 is 12.0 Å². The number of rotatable bonds is 10. The number of carboxylic acid groups (broad SMARTS) is 1. The van der Waals surface area contributed by atoms with Crippen molar-refractivity contribution in [2.45, 2.75) is 44.2 Å². The van der Waals surface area contributed by atoms with Gasteiger partial charge in [-0.25, -0.2) is 0 Å². The Kier molecular flexibility index (Phi) is 6.82. The van der Waals surface area contributed by atoms with E-state index in [2.05, 4.69) is 29.6 Å². The van der Waals surface area contributed by atoms with Crippen molar-refractivity contribution in [1.82, 2.24) is 10.2 Å². The molecule has 2 aromatic carbocycles. The first-order chi connectivity index (χ1) is 13.6. The number of nitrogens with one attached hydrogen (secondary N) is 1. The largest absolute Gasteiger partial charge is 0.480 e. The standard InChI is InChI=1S/C23H28N2O3/c1-17(23(27)28)25(20-12-13-20)16-22(26)24-15-14-21(18-8-4-2-5-9-18)19-10-6-3-7-11-19/h2-11,17,20-21H,12-16H2,1H3,(H,24,26)(H,27,28). The third-order valence-electron chi connectivity index (χ3n) is 5.36. The average Bonchev–Trinajstić information content (AvgIpc) is 3.55. The first-order valence-electron chi connectivity index (χ1n) is 9.91. The van der Waals surface area contributed by atoms with Gasteiger partial charge in [-0.15, -0.1) is 0 Å². The zero-order chi connectivity index (χ0) is 19.9. The van der Waals surface area contributed by atoms with Crippen LogP contribution in [0, 0.1) is 0 Å². The fourth-order valence-corrected chi connectivity index (χ4v) is 3.60. The van der Waals surface area contributed by atoms with E-state index in [-0.39, 0.29) is 24.4 Å². The van der Waals surface area contributed by atoms with Crippen LogP contribution in [0.15, 0.2) is 60.7 Å². The van der Waals surface area contributed by atoms with E-state index in [4.69, 9.17) is 0 Å². The molecule has 2 N–H and O–H groups in total. The fraction of sp³-hybridized carbons (Fsp3) is 0.391. The molecule has 1 aliphatic rings. The Morgan fingerprint density at radius 2 is 1.57 bits per heavy atom. The number of hydrogen-bond donors (Lipinski definition) is 2. The Balaban J connectivity index is 1.58. The summed E-state index contributed by atoms with van der Waals surface area (Å²) in [6.45, 7) is 2.33. The van der Waals surface area contributed by atoms with Crippen molar-refractivity contribution < 1.29 is 14.7 Å². The van der Waals surface area contributed by atoms with Crippen molar-refractivity contribution in [2.75, 3.05) is 13.1 Å². The van der Waals surface area contributed by atoms with Gasteiger partial charge in [-0.2, -0.15) is 0 Å². The first kappa shape index (κ1) is 20.1. The molecule has 1 fully saturated rings. The zero-order valence-electron chi connectivity index (χ0n) is 16.3. The van der Waals surface area contributed by atoms with Gasteiger partial charge in [-0.05, 0) is 37.3 Å². The summed E-state index contributed by atoms with van der Waals surface area (Å²) in [5, 5.41) is 12.3. The maximum absolute atomic E-state index is 12.4. The minimum absolute atomic E-state index is 0.111. The van der Waals surface area contributed by atoms with Crippen LogP contribution in [-0.4, -0.2) is 47.1 Å². The second-order valence-corrected chi connectivity index (χ2v) is 7.43. The van der Waals surface area contributed by atoms with Gasteiger partial charge in [-0.1, -0.05) is 60.7 Å². The van der Waals surface area contributed by atoms with Crippen LogP contribution in [0.25, 0.3) is 0 Å². The van der Waals surface area contributed by atoms with Crippen molar-refractivity contribution in [3.05, 3.63) is 71.8 Å². The number of nitrogens with zero attached hydrogens (tertiary/aromatic N) is 1. The molecule has 0 bridgehead atoms. The number of carbonyl (C=O) groups is 2. The van der Waals surface area contributed by atoms with Gasteiger partial charge in [0, 0.05) is 18.5 Å². The van der Waals surface area contributed by atoms with Crippen LogP contribution in [0.3, 0.4) is 0 Å². The third-order valence-corrected chi connectivity index (χ3v) is 5.36. The first-order valence-corrected chi connectivity index (χ1v) is 9.91. The van der Waals surface area contributed by atoms with Crippen LogP contribution in [-0.2, 0) is 9.59 Å². The fourth-order valence-electron chi connectivity index (χ4n) is 3.60. The van der Waals surface area contributed by atoms with E-state index in [1.165, 1.54) is 11.1 Å². The number of aliphatic carboxylic acids is 1. The molecule has 0 spiro atoms. The maximum Gasteiger partial charge on any atom is 0.320 e. The van der Waals surface area contributed by atoms with Gasteiger partial charge in [0.2, 0.25) is 5.91 Å². The second-order valence-electron chi connectivity index (χ2n) is 7.43. The van der Waals surface area contributed by atoms with Crippen LogP contribution in [0.1, 0.15) is 43.2 Å². The van der Waals surface area contributed by atoms with Crippen molar-refractivity contribution >= 4 is 11.9 Å². The summed E-state index contributed by atoms with van der Waals surface area (Å²) < 4.78 is 0. The number of carbonyl (C=O) groups excluding carboxylic acids is 1. The van der Waals surface area contributed by atoms with Gasteiger partial charge in [-0.3, -0.25) is 14.5 Å². The maximum atomic E-state index is 12.4. The molecule has 0 saturated heterocycles. The second kappa shape index (κ2) is 9.51. The molecule has 1 atom stereocenters. The Bertz CT molecular complexity index is 735. The van der Waals surface area contributed by atoms with E-state index in [1.54, 1.807) is 11.8 Å². The molecule has 1 saturated carbocycles. The summed E-state index contributed by atoms with van der Waals surface area (Å²) >= 11 is 0. The highest BCUT2D eigenvalue weighted by Crippen LogP contribution is 2.29. The monoisotopic (exact) mass is 380 g/mol. The molecule has 0 radical (unpaired) electrons. The molecule has 1 aliphatic carbocycles. The number of carboxylic acids is 1. The highest BCUT2D eigenvalue weighted by molar-refractivity contribution is 5.80. The average molecular weight is 380 g/mol. The van der Waals surface area contributed by atoms with Gasteiger partial charge in [0.25, 0.3) is 0 Å². The molecule has 1 unspecified atom stereocenters. The molecular weight excluding hydrogens is 352 g/mol. The molecule has 0 aromatic heterocycles. The van der Waals surface area contributed by atoms with E-state index in [0.29, 0.717) is 6.54 Å². The van der Waals surface area contributed by atoms with Gasteiger partial charge < -0.3 is 10.4 Å². The molecule has 28 heavy (non-hydrogen) atoms. The highest BCUT2D eigenvalue weighted by Gasteiger charge is 2.36. The van der Waals surface area contributed by atoms with Crippen LogP contribution < -0.4 is 5.32 Å². The Labute approximate surface area is 166 Å². The number of amides is 1. The smallest absolute Gasteiger partial charge is 0.320 e. The normalized spacial score (nSPS) is 14.8. The predicted molar refractivity (Wildman–Crippen MR) is 109 cm³/mol. The molecule has 1 amide bonds. The lowest BCUT2D eigenvalue weighted by Crippen LogP contribution is -2.46.